The van der Waals surface area contributed by atoms with E-state index in [1.54, 1.807) is 13.3 Å². The fourth-order valence-electron chi connectivity index (χ4n) is 3.78. The average Bonchev–Trinajstić information content (AvgIpc) is 3.34. The monoisotopic (exact) mass is 524 g/mol. The summed E-state index contributed by atoms with van der Waals surface area (Å²) in [4.78, 5) is 18.8. The lowest BCUT2D eigenvalue weighted by Crippen LogP contribution is -2.27. The zero-order valence-corrected chi connectivity index (χ0v) is 25.6. The molecule has 0 N–H and O–H groups in total. The number of amides is 1. The third-order valence-corrected chi connectivity index (χ3v) is 7.71. The number of rotatable bonds is 11. The molecule has 2 aromatic rings. The number of carbonyl (C=O) groups is 1. The highest BCUT2D eigenvalue weighted by Gasteiger charge is 2.10. The van der Waals surface area contributed by atoms with Crippen molar-refractivity contribution in [3.05, 3.63) is 69.0 Å². The van der Waals surface area contributed by atoms with Crippen LogP contribution in [0, 0.1) is 0 Å². The van der Waals surface area contributed by atoms with Crippen molar-refractivity contribution in [1.29, 1.82) is 0 Å². The summed E-state index contributed by atoms with van der Waals surface area (Å²) in [6, 6.07) is 4.13. The van der Waals surface area contributed by atoms with Gasteiger partial charge < -0.3 is 4.90 Å². The number of unbranched alkanes of at least 4 members (excludes halogenated alkanes) is 2. The number of allylic oxidation sites excluding steroid dienone is 6. The van der Waals surface area contributed by atoms with Gasteiger partial charge in [0, 0.05) is 30.3 Å². The fourth-order valence-corrected chi connectivity index (χ4v) is 4.81. The van der Waals surface area contributed by atoms with E-state index in [2.05, 4.69) is 83.0 Å². The first-order valence-electron chi connectivity index (χ1n) is 13.5. The normalized spacial score (nSPS) is 12.9. The van der Waals surface area contributed by atoms with Crippen LogP contribution < -0.4 is 0 Å². The van der Waals surface area contributed by atoms with Crippen LogP contribution in [0.2, 0.25) is 0 Å². The van der Waals surface area contributed by atoms with Crippen LogP contribution in [0.3, 0.4) is 0 Å². The van der Waals surface area contributed by atoms with Crippen molar-refractivity contribution in [3.8, 4) is 0 Å². The molecule has 0 aromatic carbocycles. The molecule has 0 saturated heterocycles. The van der Waals surface area contributed by atoms with E-state index in [9.17, 15) is 4.79 Å². The van der Waals surface area contributed by atoms with Crippen molar-refractivity contribution in [2.75, 3.05) is 6.54 Å². The minimum absolute atomic E-state index is 0.156. The molecule has 2 heterocycles. The zero-order valence-electron chi connectivity index (χ0n) is 24.8. The van der Waals surface area contributed by atoms with Gasteiger partial charge in [-0.05, 0) is 95.1 Å². The number of aromatic nitrogens is 3. The molecule has 2 rings (SSSR count). The molecule has 37 heavy (non-hydrogen) atoms. The minimum Gasteiger partial charge on any atom is -0.317 e. The van der Waals surface area contributed by atoms with Crippen molar-refractivity contribution in [1.82, 2.24) is 19.5 Å². The lowest BCUT2D eigenvalue weighted by atomic mass is 10.0. The second-order valence-electron chi connectivity index (χ2n) is 9.64. The van der Waals surface area contributed by atoms with Crippen LogP contribution in [-0.4, -0.2) is 31.9 Å². The van der Waals surface area contributed by atoms with Crippen molar-refractivity contribution in [2.45, 2.75) is 101 Å². The van der Waals surface area contributed by atoms with Gasteiger partial charge in [-0.15, -0.1) is 0 Å². The van der Waals surface area contributed by atoms with Crippen LogP contribution in [0.4, 0.5) is 0 Å². The van der Waals surface area contributed by atoms with E-state index in [-0.39, 0.29) is 5.91 Å². The molecule has 0 aliphatic carbocycles. The third kappa shape index (κ3) is 10.7. The van der Waals surface area contributed by atoms with E-state index in [0.717, 1.165) is 37.2 Å². The minimum atomic E-state index is 0.156. The number of thioether (sulfide) groups is 1. The fraction of sp³-hybridized carbons (Fsp3) is 0.516. The highest BCUT2D eigenvalue weighted by molar-refractivity contribution is 8.06. The maximum atomic E-state index is 11.3. The summed E-state index contributed by atoms with van der Waals surface area (Å²) in [6.45, 7) is 21.9. The summed E-state index contributed by atoms with van der Waals surface area (Å²) in [5.74, 6) is 0.156. The molecule has 0 unspecified atom stereocenters. The molecule has 6 heteroatoms. The first-order valence-corrected chi connectivity index (χ1v) is 14.4. The smallest absolute Gasteiger partial charge is 0.223 e. The summed E-state index contributed by atoms with van der Waals surface area (Å²) >= 11 is 1.82. The van der Waals surface area contributed by atoms with Crippen LogP contribution in [0.25, 0.3) is 11.2 Å². The number of carbonyl (C=O) groups excluding carboxylic acids is 1. The summed E-state index contributed by atoms with van der Waals surface area (Å²) in [5, 5.41) is 6.46. The van der Waals surface area contributed by atoms with Crippen LogP contribution in [-0.2, 0) is 4.79 Å². The quantitative estimate of drug-likeness (QED) is 0.217. The molecule has 0 fully saturated rings. The van der Waals surface area contributed by atoms with Gasteiger partial charge in [0.1, 0.15) is 6.33 Å². The molecule has 2 aromatic heterocycles. The van der Waals surface area contributed by atoms with E-state index < -0.39 is 0 Å². The molecule has 0 aliphatic rings. The van der Waals surface area contributed by atoms with Crippen LogP contribution in [0.15, 0.2) is 63.5 Å². The van der Waals surface area contributed by atoms with Crippen LogP contribution in [0.1, 0.15) is 107 Å². The number of pyridine rings is 1. The zero-order chi connectivity index (χ0) is 28.0. The molecule has 0 spiro atoms. The number of hydrogen-bond donors (Lipinski definition) is 0. The summed E-state index contributed by atoms with van der Waals surface area (Å²) in [5.41, 5.74) is 8.50. The molecule has 0 saturated carbocycles. The van der Waals surface area contributed by atoms with Gasteiger partial charge in [0.25, 0.3) is 0 Å². The Hall–Kier alpha value is -2.60. The van der Waals surface area contributed by atoms with Crippen LogP contribution >= 0.6 is 11.8 Å². The Morgan fingerprint density at radius 3 is 2.30 bits per heavy atom. The van der Waals surface area contributed by atoms with Crippen molar-refractivity contribution >= 4 is 28.9 Å². The number of nitrogens with zero attached hydrogens (tertiary/aromatic N) is 4. The van der Waals surface area contributed by atoms with Gasteiger partial charge in [-0.2, -0.15) is 5.10 Å². The average molecular weight is 525 g/mol. The van der Waals surface area contributed by atoms with E-state index in [1.165, 1.54) is 45.6 Å². The Balaban J connectivity index is 0.000000422. The SMILES string of the molecule is CC/C(C)=C(SC=C(C)C)\C(C)=C(\C)c1ccc2ncnn2c1.CC/C=C(\C)N(CCCCC)C(C)=O. The number of fused-ring (bicyclic) bond motifs is 1. The van der Waals surface area contributed by atoms with Gasteiger partial charge in [-0.3, -0.25) is 4.79 Å². The largest absolute Gasteiger partial charge is 0.317 e. The second kappa shape index (κ2) is 17.0. The predicted molar refractivity (Wildman–Crippen MR) is 162 cm³/mol. The topological polar surface area (TPSA) is 50.5 Å². The molecule has 1 amide bonds. The molecule has 5 nitrogen and oxygen atoms in total. The summed E-state index contributed by atoms with van der Waals surface area (Å²) in [6.07, 6.45) is 11.3. The van der Waals surface area contributed by atoms with Crippen LogP contribution in [0.5, 0.6) is 0 Å². The summed E-state index contributed by atoms with van der Waals surface area (Å²) in [7, 11) is 0. The third-order valence-electron chi connectivity index (χ3n) is 6.23. The first kappa shape index (κ1) is 32.4. The highest BCUT2D eigenvalue weighted by atomic mass is 32.2. The van der Waals surface area contributed by atoms with E-state index in [1.807, 2.05) is 40.4 Å². The second-order valence-corrected chi connectivity index (χ2v) is 10.5. The Morgan fingerprint density at radius 1 is 1.03 bits per heavy atom. The van der Waals surface area contributed by atoms with Gasteiger partial charge in [-0.1, -0.05) is 62.6 Å². The van der Waals surface area contributed by atoms with Crippen molar-refractivity contribution in [3.63, 3.8) is 0 Å². The molecule has 0 atom stereocenters. The van der Waals surface area contributed by atoms with Crippen molar-refractivity contribution in [2.24, 2.45) is 0 Å². The lowest BCUT2D eigenvalue weighted by Gasteiger charge is -2.21. The molecular formula is C31H48N4OS. The van der Waals surface area contributed by atoms with Gasteiger partial charge in [0.05, 0.1) is 0 Å². The Kier molecular flexibility index (Phi) is 14.9. The lowest BCUT2D eigenvalue weighted by molar-refractivity contribution is -0.127. The Morgan fingerprint density at radius 2 is 1.73 bits per heavy atom. The van der Waals surface area contributed by atoms with E-state index >= 15 is 0 Å². The molecule has 204 valence electrons. The van der Waals surface area contributed by atoms with E-state index in [0.29, 0.717) is 0 Å². The van der Waals surface area contributed by atoms with Gasteiger partial charge in [-0.25, -0.2) is 9.50 Å². The van der Waals surface area contributed by atoms with Gasteiger partial charge >= 0.3 is 0 Å². The predicted octanol–water partition coefficient (Wildman–Crippen LogP) is 9.20. The maximum absolute atomic E-state index is 11.3. The molecule has 0 bridgehead atoms. The molecule has 0 radical (unpaired) electrons. The summed E-state index contributed by atoms with van der Waals surface area (Å²) < 4.78 is 1.82. The number of hydrogen-bond acceptors (Lipinski definition) is 4. The van der Waals surface area contributed by atoms with Crippen molar-refractivity contribution < 1.29 is 4.79 Å². The van der Waals surface area contributed by atoms with Gasteiger partial charge in [0.2, 0.25) is 5.91 Å². The Labute approximate surface area is 229 Å². The standard InChI is InChI=1S/C19H25N3S.C12H23NO/c1-7-14(4)19(23-11-13(2)3)16(6)15(5)17-8-9-18-20-12-21-22(18)10-17;1-5-7-8-10-13(12(4)14)11(3)9-6-2/h8-12H,7H2,1-6H3;9H,5-8,10H2,1-4H3/b16-15-,19-14+;11-9+. The molecule has 0 aliphatic heterocycles. The van der Waals surface area contributed by atoms with Gasteiger partial charge in [0.15, 0.2) is 5.65 Å². The van der Waals surface area contributed by atoms with E-state index in [4.69, 9.17) is 0 Å². The highest BCUT2D eigenvalue weighted by Crippen LogP contribution is 2.35. The first-order chi connectivity index (χ1) is 17.6. The maximum Gasteiger partial charge on any atom is 0.223 e. The molecular weight excluding hydrogens is 476 g/mol. The Bertz CT molecular complexity index is 1130.